The van der Waals surface area contributed by atoms with Crippen LogP contribution in [0.4, 0.5) is 4.39 Å². The third-order valence-corrected chi connectivity index (χ3v) is 6.90. The zero-order valence-electron chi connectivity index (χ0n) is 18.5. The smallest absolute Gasteiger partial charge is 0.254 e. The van der Waals surface area contributed by atoms with Crippen LogP contribution >= 0.6 is 0 Å². The van der Waals surface area contributed by atoms with Crippen molar-refractivity contribution in [3.05, 3.63) is 75.1 Å². The largest absolute Gasteiger partial charge is 0.398 e. The molecule has 4 nitrogen and oxygen atoms in total. The van der Waals surface area contributed by atoms with Crippen LogP contribution in [0.15, 0.2) is 35.3 Å². The Morgan fingerprint density at radius 2 is 1.94 bits per heavy atom. The Kier molecular flexibility index (Phi) is 5.94. The second-order valence-corrected chi connectivity index (χ2v) is 8.70. The number of fused-ring (bicyclic) bond motifs is 1. The van der Waals surface area contributed by atoms with Gasteiger partial charge in [-0.1, -0.05) is 25.0 Å². The van der Waals surface area contributed by atoms with Gasteiger partial charge < -0.3 is 10.6 Å². The molecule has 0 bridgehead atoms. The Morgan fingerprint density at radius 1 is 1.19 bits per heavy atom. The first-order valence-electron chi connectivity index (χ1n) is 11.0. The minimum Gasteiger partial charge on any atom is -0.398 e. The average Bonchev–Trinajstić information content (AvgIpc) is 3.40. The number of hydrogen-bond acceptors (Lipinski definition) is 3. The fourth-order valence-corrected chi connectivity index (χ4v) is 4.85. The number of carbonyl (C=O) groups is 1. The summed E-state index contributed by atoms with van der Waals surface area (Å²) in [7, 11) is 1.66. The summed E-state index contributed by atoms with van der Waals surface area (Å²) in [4.78, 5) is 19.1. The molecule has 4 rings (SSSR count). The summed E-state index contributed by atoms with van der Waals surface area (Å²) in [6.07, 6.45) is 8.30. The first kappa shape index (κ1) is 21.3. The van der Waals surface area contributed by atoms with Crippen LogP contribution in [0, 0.1) is 19.7 Å². The lowest BCUT2D eigenvalue weighted by atomic mass is 9.91. The van der Waals surface area contributed by atoms with E-state index in [-0.39, 0.29) is 11.7 Å². The van der Waals surface area contributed by atoms with Gasteiger partial charge in [0.15, 0.2) is 0 Å². The van der Waals surface area contributed by atoms with Crippen LogP contribution in [0.3, 0.4) is 0 Å². The summed E-state index contributed by atoms with van der Waals surface area (Å²) in [6, 6.07) is 7.44. The molecule has 0 spiro atoms. The van der Waals surface area contributed by atoms with Crippen LogP contribution in [0.1, 0.15) is 69.4 Å². The van der Waals surface area contributed by atoms with Gasteiger partial charge in [0.1, 0.15) is 5.82 Å². The predicted octanol–water partition coefficient (Wildman–Crippen LogP) is 4.93. The van der Waals surface area contributed by atoms with Crippen molar-refractivity contribution in [2.24, 2.45) is 10.7 Å². The van der Waals surface area contributed by atoms with E-state index in [2.05, 4.69) is 23.7 Å². The van der Waals surface area contributed by atoms with Gasteiger partial charge >= 0.3 is 0 Å². The summed E-state index contributed by atoms with van der Waals surface area (Å²) in [6.45, 7) is 4.87. The molecule has 2 N–H and O–H groups in total. The van der Waals surface area contributed by atoms with E-state index < -0.39 is 0 Å². The van der Waals surface area contributed by atoms with E-state index in [4.69, 9.17) is 5.73 Å². The number of nitrogens with two attached hydrogens (primary N) is 1. The Labute approximate surface area is 183 Å². The molecule has 0 saturated heterocycles. The van der Waals surface area contributed by atoms with Gasteiger partial charge in [-0.2, -0.15) is 0 Å². The zero-order valence-corrected chi connectivity index (χ0v) is 18.5. The predicted molar refractivity (Wildman–Crippen MR) is 124 cm³/mol. The molecule has 1 aliphatic carbocycles. The fourth-order valence-electron chi connectivity index (χ4n) is 4.85. The number of nitrogens with zero attached hydrogens (tertiary/aromatic N) is 2. The highest BCUT2D eigenvalue weighted by molar-refractivity contribution is 5.99. The molecule has 162 valence electrons. The lowest BCUT2D eigenvalue weighted by molar-refractivity contribution is 0.0707. The molecular weight excluding hydrogens is 389 g/mol. The van der Waals surface area contributed by atoms with E-state index in [1.165, 1.54) is 18.9 Å². The lowest BCUT2D eigenvalue weighted by Gasteiger charge is -2.23. The lowest BCUT2D eigenvalue weighted by Crippen LogP contribution is -2.33. The molecule has 0 aromatic heterocycles. The SMILES string of the molecule is CN=CC=C(N)c1ccc(Cc2cc3c(c(C)c2C)CN(C2CCCC2)C3=O)c(F)c1. The van der Waals surface area contributed by atoms with Gasteiger partial charge in [0.2, 0.25) is 0 Å². The molecule has 1 fully saturated rings. The molecule has 1 aliphatic heterocycles. The van der Waals surface area contributed by atoms with Crippen LogP contribution in [-0.2, 0) is 13.0 Å². The standard InChI is InChI=1S/C26H30FN3O/c1-16-17(2)23-15-30(21-6-4-5-7-21)26(31)22(23)13-20(16)12-18-8-9-19(14-24(18)27)25(28)10-11-29-3/h8-11,13-14,21H,4-7,12,15,28H2,1-3H3. The number of rotatable bonds is 5. The third-order valence-electron chi connectivity index (χ3n) is 6.90. The van der Waals surface area contributed by atoms with Gasteiger partial charge in [-0.3, -0.25) is 9.79 Å². The Balaban J connectivity index is 1.62. The molecule has 0 atom stereocenters. The molecule has 2 aliphatic rings. The minimum absolute atomic E-state index is 0.137. The summed E-state index contributed by atoms with van der Waals surface area (Å²) in [5, 5.41) is 0. The van der Waals surface area contributed by atoms with Crippen LogP contribution in [-0.4, -0.2) is 30.1 Å². The summed E-state index contributed by atoms with van der Waals surface area (Å²) in [5.41, 5.74) is 12.9. The van der Waals surface area contributed by atoms with Crippen molar-refractivity contribution < 1.29 is 9.18 Å². The van der Waals surface area contributed by atoms with E-state index in [1.54, 1.807) is 25.4 Å². The molecule has 2 aromatic rings. The van der Waals surface area contributed by atoms with Crippen molar-refractivity contribution in [1.82, 2.24) is 4.90 Å². The Bertz CT molecular complexity index is 1080. The van der Waals surface area contributed by atoms with Crippen molar-refractivity contribution in [3.63, 3.8) is 0 Å². The van der Waals surface area contributed by atoms with E-state index >= 15 is 0 Å². The van der Waals surface area contributed by atoms with Gasteiger partial charge in [0.25, 0.3) is 5.91 Å². The molecule has 2 aromatic carbocycles. The number of hydrogen-bond donors (Lipinski definition) is 1. The van der Waals surface area contributed by atoms with Crippen molar-refractivity contribution in [1.29, 1.82) is 0 Å². The Hall–Kier alpha value is -2.95. The van der Waals surface area contributed by atoms with Crippen molar-refractivity contribution in [3.8, 4) is 0 Å². The van der Waals surface area contributed by atoms with E-state index in [1.807, 2.05) is 12.1 Å². The number of allylic oxidation sites excluding steroid dienone is 1. The van der Waals surface area contributed by atoms with Gasteiger partial charge in [-0.15, -0.1) is 0 Å². The number of amides is 1. The highest BCUT2D eigenvalue weighted by Crippen LogP contribution is 2.35. The van der Waals surface area contributed by atoms with E-state index in [0.717, 1.165) is 40.7 Å². The number of benzene rings is 2. The normalized spacial score (nSPS) is 17.2. The topological polar surface area (TPSA) is 58.7 Å². The van der Waals surface area contributed by atoms with Crippen LogP contribution in [0.25, 0.3) is 5.70 Å². The quantitative estimate of drug-likeness (QED) is 0.699. The maximum absolute atomic E-state index is 14.9. The number of halogens is 1. The van der Waals surface area contributed by atoms with Crippen molar-refractivity contribution >= 4 is 17.8 Å². The van der Waals surface area contributed by atoms with Crippen molar-refractivity contribution in [2.45, 2.75) is 58.5 Å². The van der Waals surface area contributed by atoms with Gasteiger partial charge in [-0.05, 0) is 72.7 Å². The second-order valence-electron chi connectivity index (χ2n) is 8.70. The van der Waals surface area contributed by atoms with Crippen LogP contribution in [0.2, 0.25) is 0 Å². The molecular formula is C26H30FN3O. The number of carbonyl (C=O) groups excluding carboxylic acids is 1. The Morgan fingerprint density at radius 3 is 2.61 bits per heavy atom. The molecule has 1 saturated carbocycles. The van der Waals surface area contributed by atoms with Gasteiger partial charge in [0, 0.05) is 49.1 Å². The molecule has 31 heavy (non-hydrogen) atoms. The first-order valence-corrected chi connectivity index (χ1v) is 11.0. The summed E-state index contributed by atoms with van der Waals surface area (Å²) in [5.74, 6) is -0.156. The number of aliphatic imine (C=N–C) groups is 1. The molecule has 1 heterocycles. The van der Waals surface area contributed by atoms with Crippen LogP contribution < -0.4 is 5.73 Å². The fraction of sp³-hybridized carbons (Fsp3) is 0.385. The second kappa shape index (κ2) is 8.66. The summed E-state index contributed by atoms with van der Waals surface area (Å²) < 4.78 is 14.9. The monoisotopic (exact) mass is 419 g/mol. The first-order chi connectivity index (χ1) is 14.9. The zero-order chi connectivity index (χ0) is 22.1. The maximum Gasteiger partial charge on any atom is 0.254 e. The third kappa shape index (κ3) is 4.01. The summed E-state index contributed by atoms with van der Waals surface area (Å²) >= 11 is 0. The molecule has 0 radical (unpaired) electrons. The molecule has 1 amide bonds. The minimum atomic E-state index is -0.293. The van der Waals surface area contributed by atoms with Gasteiger partial charge in [0.05, 0.1) is 0 Å². The highest BCUT2D eigenvalue weighted by atomic mass is 19.1. The molecule has 5 heteroatoms. The van der Waals surface area contributed by atoms with E-state index in [9.17, 15) is 9.18 Å². The van der Waals surface area contributed by atoms with Crippen molar-refractivity contribution in [2.75, 3.05) is 7.05 Å². The molecule has 0 unspecified atom stereocenters. The maximum atomic E-state index is 14.9. The van der Waals surface area contributed by atoms with E-state index in [0.29, 0.717) is 35.8 Å². The average molecular weight is 420 g/mol. The highest BCUT2D eigenvalue weighted by Gasteiger charge is 2.35. The van der Waals surface area contributed by atoms with Crippen LogP contribution in [0.5, 0.6) is 0 Å². The van der Waals surface area contributed by atoms with Gasteiger partial charge in [-0.25, -0.2) is 4.39 Å².